The van der Waals surface area contributed by atoms with Gasteiger partial charge >= 0.3 is 0 Å². The Kier molecular flexibility index (Phi) is 5.76. The molecule has 0 spiro atoms. The second-order valence-corrected chi connectivity index (χ2v) is 7.79. The standard InChI is InChI=1S/C13H11Br2Cl2NS/c1-2-18-12(11-6-9(15)13(17)19-11)8-4-3-7(14)5-10(8)16/h3-6,12,18H,2H2,1H3. The van der Waals surface area contributed by atoms with Crippen molar-refractivity contribution in [3.63, 3.8) is 0 Å². The first kappa shape index (κ1) is 15.8. The van der Waals surface area contributed by atoms with E-state index >= 15 is 0 Å². The lowest BCUT2D eigenvalue weighted by Crippen LogP contribution is -2.21. The Hall–Kier alpha value is 0.420. The summed E-state index contributed by atoms with van der Waals surface area (Å²) in [5, 5.41) is 4.18. The number of hydrogen-bond acceptors (Lipinski definition) is 2. The lowest BCUT2D eigenvalue weighted by Gasteiger charge is -2.18. The average Bonchev–Trinajstić information content (AvgIpc) is 2.67. The molecule has 0 aliphatic heterocycles. The topological polar surface area (TPSA) is 12.0 Å². The van der Waals surface area contributed by atoms with Gasteiger partial charge in [0.25, 0.3) is 0 Å². The molecule has 0 bridgehead atoms. The highest BCUT2D eigenvalue weighted by Gasteiger charge is 2.19. The van der Waals surface area contributed by atoms with E-state index in [1.807, 2.05) is 24.3 Å². The van der Waals surface area contributed by atoms with Gasteiger partial charge in [-0.05, 0) is 46.2 Å². The molecule has 0 saturated heterocycles. The zero-order chi connectivity index (χ0) is 14.0. The normalized spacial score (nSPS) is 12.7. The molecule has 0 aliphatic carbocycles. The maximum Gasteiger partial charge on any atom is 0.107 e. The van der Waals surface area contributed by atoms with E-state index in [0.29, 0.717) is 0 Å². The number of benzene rings is 1. The summed E-state index contributed by atoms with van der Waals surface area (Å²) in [6.07, 6.45) is 0. The number of nitrogens with one attached hydrogen (secondary N) is 1. The van der Waals surface area contributed by atoms with Crippen LogP contribution >= 0.6 is 66.4 Å². The van der Waals surface area contributed by atoms with Crippen LogP contribution in [0.5, 0.6) is 0 Å². The van der Waals surface area contributed by atoms with Gasteiger partial charge in [-0.3, -0.25) is 0 Å². The molecule has 1 unspecified atom stereocenters. The van der Waals surface area contributed by atoms with Crippen molar-refractivity contribution in [1.82, 2.24) is 5.32 Å². The van der Waals surface area contributed by atoms with Crippen LogP contribution in [0.1, 0.15) is 23.4 Å². The lowest BCUT2D eigenvalue weighted by atomic mass is 10.1. The third-order valence-electron chi connectivity index (χ3n) is 2.63. The first-order valence-corrected chi connectivity index (χ1v) is 8.81. The minimum absolute atomic E-state index is 0.0550. The molecule has 1 nitrogen and oxygen atoms in total. The van der Waals surface area contributed by atoms with Crippen molar-refractivity contribution in [1.29, 1.82) is 0 Å². The molecular formula is C13H11Br2Cl2NS. The Balaban J connectivity index is 2.44. The van der Waals surface area contributed by atoms with Crippen LogP contribution in [-0.2, 0) is 0 Å². The van der Waals surface area contributed by atoms with Crippen LogP contribution < -0.4 is 5.32 Å². The molecule has 1 heterocycles. The number of halogens is 4. The summed E-state index contributed by atoms with van der Waals surface area (Å²) >= 11 is 20.9. The molecule has 1 atom stereocenters. The zero-order valence-corrected chi connectivity index (χ0v) is 15.5. The van der Waals surface area contributed by atoms with Crippen LogP contribution in [0.4, 0.5) is 0 Å². The third-order valence-corrected chi connectivity index (χ3v) is 5.99. The minimum Gasteiger partial charge on any atom is -0.306 e. The highest BCUT2D eigenvalue weighted by molar-refractivity contribution is 9.10. The van der Waals surface area contributed by atoms with Gasteiger partial charge in [0, 0.05) is 18.8 Å². The molecule has 0 amide bonds. The Labute approximate surface area is 143 Å². The smallest absolute Gasteiger partial charge is 0.107 e. The van der Waals surface area contributed by atoms with Crippen LogP contribution in [0.25, 0.3) is 0 Å². The van der Waals surface area contributed by atoms with Gasteiger partial charge in [-0.25, -0.2) is 0 Å². The molecular weight excluding hydrogens is 433 g/mol. The third kappa shape index (κ3) is 3.74. The van der Waals surface area contributed by atoms with Crippen molar-refractivity contribution in [2.75, 3.05) is 6.54 Å². The molecule has 1 aromatic carbocycles. The van der Waals surface area contributed by atoms with E-state index in [1.165, 1.54) is 0 Å². The molecule has 19 heavy (non-hydrogen) atoms. The van der Waals surface area contributed by atoms with Gasteiger partial charge in [-0.1, -0.05) is 52.1 Å². The van der Waals surface area contributed by atoms with Crippen LogP contribution in [-0.4, -0.2) is 6.54 Å². The Morgan fingerprint density at radius 1 is 1.26 bits per heavy atom. The quantitative estimate of drug-likeness (QED) is 0.586. The van der Waals surface area contributed by atoms with Gasteiger partial charge in [-0.15, -0.1) is 11.3 Å². The van der Waals surface area contributed by atoms with Crippen LogP contribution in [0.3, 0.4) is 0 Å². The van der Waals surface area contributed by atoms with E-state index in [1.54, 1.807) is 11.3 Å². The maximum atomic E-state index is 6.35. The fourth-order valence-electron chi connectivity index (χ4n) is 1.81. The van der Waals surface area contributed by atoms with Crippen LogP contribution in [0.15, 0.2) is 33.2 Å². The van der Waals surface area contributed by atoms with E-state index in [2.05, 4.69) is 44.1 Å². The number of thiophene rings is 1. The molecule has 0 fully saturated rings. The fourth-order valence-corrected chi connectivity index (χ4v) is 4.42. The summed E-state index contributed by atoms with van der Waals surface area (Å²) < 4.78 is 2.65. The lowest BCUT2D eigenvalue weighted by molar-refractivity contribution is 0.639. The summed E-state index contributed by atoms with van der Waals surface area (Å²) in [5.41, 5.74) is 1.05. The summed E-state index contributed by atoms with van der Waals surface area (Å²) in [5.74, 6) is 0. The van der Waals surface area contributed by atoms with Crippen molar-refractivity contribution in [2.45, 2.75) is 13.0 Å². The van der Waals surface area contributed by atoms with Crippen molar-refractivity contribution >= 4 is 66.4 Å². The summed E-state index contributed by atoms with van der Waals surface area (Å²) in [6.45, 7) is 2.92. The monoisotopic (exact) mass is 441 g/mol. The molecule has 102 valence electrons. The molecule has 0 aliphatic rings. The zero-order valence-electron chi connectivity index (χ0n) is 10.0. The molecule has 0 radical (unpaired) electrons. The van der Waals surface area contributed by atoms with E-state index in [0.717, 1.165) is 35.3 Å². The predicted octanol–water partition coefficient (Wildman–Crippen LogP) is 6.28. The highest BCUT2D eigenvalue weighted by atomic mass is 79.9. The fraction of sp³-hybridized carbons (Fsp3) is 0.231. The van der Waals surface area contributed by atoms with Crippen LogP contribution in [0, 0.1) is 0 Å². The molecule has 1 N–H and O–H groups in total. The molecule has 6 heteroatoms. The Morgan fingerprint density at radius 3 is 2.53 bits per heavy atom. The largest absolute Gasteiger partial charge is 0.306 e. The van der Waals surface area contributed by atoms with Gasteiger partial charge in [0.05, 0.1) is 6.04 Å². The van der Waals surface area contributed by atoms with Gasteiger partial charge < -0.3 is 5.32 Å². The Morgan fingerprint density at radius 2 is 2.00 bits per heavy atom. The van der Waals surface area contributed by atoms with Crippen molar-refractivity contribution in [3.8, 4) is 0 Å². The van der Waals surface area contributed by atoms with Crippen molar-refractivity contribution < 1.29 is 0 Å². The summed E-state index contributed by atoms with van der Waals surface area (Å²) in [4.78, 5) is 1.14. The van der Waals surface area contributed by atoms with Crippen molar-refractivity contribution in [3.05, 3.63) is 53.0 Å². The summed E-state index contributed by atoms with van der Waals surface area (Å²) in [7, 11) is 0. The predicted molar refractivity (Wildman–Crippen MR) is 91.7 cm³/mol. The van der Waals surface area contributed by atoms with Crippen LogP contribution in [0.2, 0.25) is 9.36 Å². The van der Waals surface area contributed by atoms with E-state index in [9.17, 15) is 0 Å². The van der Waals surface area contributed by atoms with Gasteiger partial charge in [0.2, 0.25) is 0 Å². The molecule has 0 saturated carbocycles. The molecule has 1 aromatic heterocycles. The minimum atomic E-state index is 0.0550. The first-order valence-electron chi connectivity index (χ1n) is 5.66. The van der Waals surface area contributed by atoms with E-state index in [4.69, 9.17) is 23.2 Å². The average molecular weight is 444 g/mol. The number of rotatable bonds is 4. The van der Waals surface area contributed by atoms with Gasteiger partial charge in [0.15, 0.2) is 0 Å². The molecule has 2 rings (SSSR count). The van der Waals surface area contributed by atoms with E-state index < -0.39 is 0 Å². The van der Waals surface area contributed by atoms with Gasteiger partial charge in [-0.2, -0.15) is 0 Å². The SMILES string of the molecule is CCNC(c1cc(Br)c(Cl)s1)c1ccc(Br)cc1Cl. The van der Waals surface area contributed by atoms with Crippen molar-refractivity contribution in [2.24, 2.45) is 0 Å². The van der Waals surface area contributed by atoms with E-state index in [-0.39, 0.29) is 6.04 Å². The summed E-state index contributed by atoms with van der Waals surface area (Å²) in [6, 6.07) is 8.03. The van der Waals surface area contributed by atoms with Gasteiger partial charge in [0.1, 0.15) is 4.34 Å². The second-order valence-electron chi connectivity index (χ2n) is 3.93. The number of hydrogen-bond donors (Lipinski definition) is 1. The first-order chi connectivity index (χ1) is 9.02. The second kappa shape index (κ2) is 6.92. The molecule has 2 aromatic rings. The Bertz CT molecular complexity index is 567. The highest BCUT2D eigenvalue weighted by Crippen LogP contribution is 2.39. The maximum absolute atomic E-state index is 6.35.